The van der Waals surface area contributed by atoms with E-state index in [1.165, 1.54) is 16.8 Å². The molecule has 88 valence electrons. The predicted molar refractivity (Wildman–Crippen MR) is 62.5 cm³/mol. The summed E-state index contributed by atoms with van der Waals surface area (Å²) < 4.78 is 1.32. The summed E-state index contributed by atoms with van der Waals surface area (Å²) in [7, 11) is 0. The first kappa shape index (κ1) is 10.3. The van der Waals surface area contributed by atoms with Gasteiger partial charge in [-0.15, -0.1) is 5.10 Å². The molecule has 3 aromatic heterocycles. The van der Waals surface area contributed by atoms with E-state index in [9.17, 15) is 4.79 Å². The van der Waals surface area contributed by atoms with Gasteiger partial charge < -0.3 is 5.73 Å². The number of fused-ring (bicyclic) bond motifs is 1. The number of hydrogen-bond acceptors (Lipinski definition) is 5. The van der Waals surface area contributed by atoms with Crippen molar-refractivity contribution in [2.24, 2.45) is 5.73 Å². The number of rotatable bonds is 2. The van der Waals surface area contributed by atoms with Crippen molar-refractivity contribution in [3.05, 3.63) is 42.5 Å². The van der Waals surface area contributed by atoms with E-state index >= 15 is 0 Å². The zero-order chi connectivity index (χ0) is 12.5. The lowest BCUT2D eigenvalue weighted by Gasteiger charge is -1.96. The average Bonchev–Trinajstić information content (AvgIpc) is 2.83. The van der Waals surface area contributed by atoms with Gasteiger partial charge in [0.15, 0.2) is 5.82 Å². The molecule has 18 heavy (non-hydrogen) atoms. The lowest BCUT2D eigenvalue weighted by molar-refractivity contribution is 0.0993. The molecule has 0 radical (unpaired) electrons. The SMILES string of the molecule is NC(=O)c1ccnc2nc(-c3cccnc3)nn12. The first-order valence-corrected chi connectivity index (χ1v) is 5.18. The first-order chi connectivity index (χ1) is 8.75. The number of carbonyl (C=O) groups excluding carboxylic acids is 1. The highest BCUT2D eigenvalue weighted by molar-refractivity contribution is 5.91. The minimum absolute atomic E-state index is 0.239. The second kappa shape index (κ2) is 3.88. The van der Waals surface area contributed by atoms with Crippen LogP contribution in [-0.4, -0.2) is 30.5 Å². The molecule has 1 amide bonds. The molecule has 0 bridgehead atoms. The highest BCUT2D eigenvalue weighted by Gasteiger charge is 2.12. The van der Waals surface area contributed by atoms with Crippen LogP contribution in [0.2, 0.25) is 0 Å². The van der Waals surface area contributed by atoms with Crippen LogP contribution in [0, 0.1) is 0 Å². The van der Waals surface area contributed by atoms with Crippen molar-refractivity contribution >= 4 is 11.7 Å². The summed E-state index contributed by atoms with van der Waals surface area (Å²) in [6, 6.07) is 5.10. The summed E-state index contributed by atoms with van der Waals surface area (Å²) in [6.07, 6.45) is 4.77. The lowest BCUT2D eigenvalue weighted by Crippen LogP contribution is -2.16. The van der Waals surface area contributed by atoms with Crippen molar-refractivity contribution in [2.75, 3.05) is 0 Å². The summed E-state index contributed by atoms with van der Waals surface area (Å²) in [6.45, 7) is 0. The van der Waals surface area contributed by atoms with Gasteiger partial charge in [0, 0.05) is 24.2 Å². The fourth-order valence-electron chi connectivity index (χ4n) is 1.60. The van der Waals surface area contributed by atoms with Crippen LogP contribution >= 0.6 is 0 Å². The number of nitrogens with two attached hydrogens (primary N) is 1. The van der Waals surface area contributed by atoms with Gasteiger partial charge in [0.2, 0.25) is 0 Å². The zero-order valence-electron chi connectivity index (χ0n) is 9.19. The van der Waals surface area contributed by atoms with Gasteiger partial charge >= 0.3 is 0 Å². The summed E-state index contributed by atoms with van der Waals surface area (Å²) in [5.41, 5.74) is 6.25. The number of hydrogen-bond donors (Lipinski definition) is 1. The molecule has 0 unspecified atom stereocenters. The van der Waals surface area contributed by atoms with Crippen molar-refractivity contribution in [1.29, 1.82) is 0 Å². The Kier molecular flexibility index (Phi) is 2.23. The molecule has 3 rings (SSSR count). The third-order valence-corrected chi connectivity index (χ3v) is 2.41. The molecule has 0 aliphatic carbocycles. The molecule has 0 saturated carbocycles. The van der Waals surface area contributed by atoms with Gasteiger partial charge in [-0.25, -0.2) is 4.98 Å². The highest BCUT2D eigenvalue weighted by atomic mass is 16.1. The Morgan fingerprint density at radius 3 is 2.89 bits per heavy atom. The molecular formula is C11H8N6O. The van der Waals surface area contributed by atoms with E-state index in [1.807, 2.05) is 6.07 Å². The number of amides is 1. The minimum Gasteiger partial charge on any atom is -0.364 e. The molecule has 0 spiro atoms. The number of pyridine rings is 1. The molecule has 0 aliphatic heterocycles. The number of nitrogens with zero attached hydrogens (tertiary/aromatic N) is 5. The van der Waals surface area contributed by atoms with E-state index in [1.54, 1.807) is 18.5 Å². The fourth-order valence-corrected chi connectivity index (χ4v) is 1.60. The standard InChI is InChI=1S/C11H8N6O/c12-9(18)8-3-5-14-11-15-10(16-17(8)11)7-2-1-4-13-6-7/h1-6H,(H2,12,18). The molecule has 7 nitrogen and oxygen atoms in total. The van der Waals surface area contributed by atoms with Crippen LogP contribution in [0.1, 0.15) is 10.5 Å². The topological polar surface area (TPSA) is 99.1 Å². The van der Waals surface area contributed by atoms with Crippen molar-refractivity contribution in [2.45, 2.75) is 0 Å². The van der Waals surface area contributed by atoms with Crippen molar-refractivity contribution in [1.82, 2.24) is 24.6 Å². The van der Waals surface area contributed by atoms with Crippen molar-refractivity contribution in [3.8, 4) is 11.4 Å². The van der Waals surface area contributed by atoms with Gasteiger partial charge in [-0.05, 0) is 18.2 Å². The van der Waals surface area contributed by atoms with Gasteiger partial charge in [0.25, 0.3) is 11.7 Å². The molecule has 3 aromatic rings. The van der Waals surface area contributed by atoms with E-state index in [-0.39, 0.29) is 5.69 Å². The highest BCUT2D eigenvalue weighted by Crippen LogP contribution is 2.14. The van der Waals surface area contributed by atoms with E-state index in [2.05, 4.69) is 20.1 Å². The van der Waals surface area contributed by atoms with E-state index < -0.39 is 5.91 Å². The molecule has 3 heterocycles. The Labute approximate surface area is 101 Å². The number of primary amides is 1. The molecule has 0 fully saturated rings. The summed E-state index contributed by atoms with van der Waals surface area (Å²) in [5, 5.41) is 4.21. The number of carbonyl (C=O) groups is 1. The van der Waals surface area contributed by atoms with E-state index in [0.29, 0.717) is 11.6 Å². The van der Waals surface area contributed by atoms with E-state index in [4.69, 9.17) is 5.73 Å². The van der Waals surface area contributed by atoms with Crippen LogP contribution in [0.3, 0.4) is 0 Å². The third kappa shape index (κ3) is 1.58. The lowest BCUT2D eigenvalue weighted by atomic mass is 10.3. The second-order valence-electron chi connectivity index (χ2n) is 3.58. The van der Waals surface area contributed by atoms with Gasteiger partial charge in [0.05, 0.1) is 0 Å². The molecule has 0 aromatic carbocycles. The van der Waals surface area contributed by atoms with Crippen LogP contribution in [-0.2, 0) is 0 Å². The van der Waals surface area contributed by atoms with Crippen LogP contribution < -0.4 is 5.73 Å². The molecule has 0 atom stereocenters. The fraction of sp³-hybridized carbons (Fsp3) is 0. The zero-order valence-corrected chi connectivity index (χ0v) is 9.19. The Bertz CT molecular complexity index is 721. The van der Waals surface area contributed by atoms with E-state index in [0.717, 1.165) is 5.56 Å². The van der Waals surface area contributed by atoms with Gasteiger partial charge in [-0.3, -0.25) is 9.78 Å². The molecule has 2 N–H and O–H groups in total. The van der Waals surface area contributed by atoms with Gasteiger partial charge in [-0.2, -0.15) is 9.50 Å². The number of aromatic nitrogens is 5. The Hall–Kier alpha value is -2.83. The molecule has 0 saturated heterocycles. The van der Waals surface area contributed by atoms with Crippen molar-refractivity contribution < 1.29 is 4.79 Å². The third-order valence-electron chi connectivity index (χ3n) is 2.41. The van der Waals surface area contributed by atoms with Crippen LogP contribution in [0.5, 0.6) is 0 Å². The largest absolute Gasteiger partial charge is 0.364 e. The Morgan fingerprint density at radius 1 is 1.28 bits per heavy atom. The summed E-state index contributed by atoms with van der Waals surface area (Å²) in [4.78, 5) is 23.5. The average molecular weight is 240 g/mol. The normalized spacial score (nSPS) is 10.7. The van der Waals surface area contributed by atoms with Gasteiger partial charge in [-0.1, -0.05) is 0 Å². The maximum atomic E-state index is 11.3. The second-order valence-corrected chi connectivity index (χ2v) is 3.58. The maximum Gasteiger partial charge on any atom is 0.267 e. The summed E-state index contributed by atoms with van der Waals surface area (Å²) >= 11 is 0. The maximum absolute atomic E-state index is 11.3. The van der Waals surface area contributed by atoms with Crippen molar-refractivity contribution in [3.63, 3.8) is 0 Å². The molecular weight excluding hydrogens is 232 g/mol. The van der Waals surface area contributed by atoms with Crippen LogP contribution in [0.15, 0.2) is 36.8 Å². The molecule has 7 heteroatoms. The Morgan fingerprint density at radius 2 is 2.17 bits per heavy atom. The van der Waals surface area contributed by atoms with Crippen LogP contribution in [0.25, 0.3) is 17.2 Å². The summed E-state index contributed by atoms with van der Waals surface area (Å²) in [5.74, 6) is 0.194. The molecule has 0 aliphatic rings. The quantitative estimate of drug-likeness (QED) is 0.693. The smallest absolute Gasteiger partial charge is 0.267 e. The minimum atomic E-state index is -0.579. The monoisotopic (exact) mass is 240 g/mol. The Balaban J connectivity index is 2.23. The first-order valence-electron chi connectivity index (χ1n) is 5.18. The van der Waals surface area contributed by atoms with Gasteiger partial charge in [0.1, 0.15) is 5.69 Å². The van der Waals surface area contributed by atoms with Crippen LogP contribution in [0.4, 0.5) is 0 Å². The predicted octanol–water partition coefficient (Wildman–Crippen LogP) is 0.285.